The second-order valence-corrected chi connectivity index (χ2v) is 7.61. The molecule has 0 aromatic heterocycles. The van der Waals surface area contributed by atoms with Gasteiger partial charge in [-0.3, -0.25) is 4.31 Å². The molecule has 0 bridgehead atoms. The fraction of sp³-hybridized carbons (Fsp3) is 0.294. The maximum absolute atomic E-state index is 14.3. The lowest BCUT2D eigenvalue weighted by atomic mass is 10.2. The van der Waals surface area contributed by atoms with Gasteiger partial charge in [-0.25, -0.2) is 13.1 Å². The van der Waals surface area contributed by atoms with Gasteiger partial charge in [-0.1, -0.05) is 18.2 Å². The highest BCUT2D eigenvalue weighted by Crippen LogP contribution is 2.46. The van der Waals surface area contributed by atoms with Crippen molar-refractivity contribution in [2.75, 3.05) is 28.7 Å². The van der Waals surface area contributed by atoms with Gasteiger partial charge in [0.2, 0.25) is 0 Å². The van der Waals surface area contributed by atoms with Crippen molar-refractivity contribution >= 4 is 27.3 Å². The molecule has 2 N–H and O–H groups in total. The van der Waals surface area contributed by atoms with E-state index in [-0.39, 0.29) is 18.7 Å². The topological polar surface area (TPSA) is 72.9 Å². The second kappa shape index (κ2) is 7.18. The molecule has 0 saturated carbocycles. The molecule has 1 aliphatic heterocycles. The first kappa shape index (κ1) is 18.6. The number of benzene rings is 2. The van der Waals surface area contributed by atoms with Crippen LogP contribution in [0.2, 0.25) is 0 Å². The molecule has 1 aliphatic rings. The van der Waals surface area contributed by atoms with Gasteiger partial charge in [-0.05, 0) is 37.7 Å². The number of anilines is 3. The van der Waals surface area contributed by atoms with Crippen LogP contribution in [-0.4, -0.2) is 39.8 Å². The Balaban J connectivity index is 2.05. The minimum atomic E-state index is -4.24. The van der Waals surface area contributed by atoms with E-state index in [0.29, 0.717) is 16.5 Å². The van der Waals surface area contributed by atoms with Gasteiger partial charge in [-0.15, -0.1) is 0 Å². The molecule has 0 unspecified atom stereocenters. The van der Waals surface area contributed by atoms with Gasteiger partial charge in [-0.2, -0.15) is 8.42 Å². The Morgan fingerprint density at radius 1 is 1.08 bits per heavy atom. The summed E-state index contributed by atoms with van der Waals surface area (Å²) in [6.45, 7) is 0.288. The third-order valence-electron chi connectivity index (χ3n) is 4.12. The van der Waals surface area contributed by atoms with Gasteiger partial charge in [0.25, 0.3) is 0 Å². The van der Waals surface area contributed by atoms with Crippen molar-refractivity contribution in [3.8, 4) is 0 Å². The SMILES string of the molecule is CNC[C@H](O)CCN1c2ccccc2N(c2c(F)cccc2F)S1(=O)=O. The zero-order chi connectivity index (χ0) is 18.9. The van der Waals surface area contributed by atoms with Gasteiger partial charge in [0.1, 0.15) is 5.69 Å². The van der Waals surface area contributed by atoms with Crippen molar-refractivity contribution in [2.24, 2.45) is 0 Å². The van der Waals surface area contributed by atoms with E-state index < -0.39 is 33.6 Å². The van der Waals surface area contributed by atoms with Crippen molar-refractivity contribution in [1.82, 2.24) is 5.32 Å². The van der Waals surface area contributed by atoms with Crippen LogP contribution in [0.25, 0.3) is 0 Å². The normalized spacial score (nSPS) is 16.6. The fourth-order valence-corrected chi connectivity index (χ4v) is 4.70. The maximum atomic E-state index is 14.3. The molecule has 0 radical (unpaired) electrons. The lowest BCUT2D eigenvalue weighted by molar-refractivity contribution is 0.167. The predicted molar refractivity (Wildman–Crippen MR) is 95.8 cm³/mol. The summed E-state index contributed by atoms with van der Waals surface area (Å²) in [5, 5.41) is 12.7. The Kier molecular flexibility index (Phi) is 5.12. The number of likely N-dealkylation sites (N-methyl/N-ethyl adjacent to an activating group) is 1. The number of hydrogen-bond donors (Lipinski definition) is 2. The van der Waals surface area contributed by atoms with Crippen molar-refractivity contribution in [2.45, 2.75) is 12.5 Å². The van der Waals surface area contributed by atoms with Crippen LogP contribution in [0.4, 0.5) is 25.8 Å². The van der Waals surface area contributed by atoms with Gasteiger partial charge in [0.05, 0.1) is 17.5 Å². The van der Waals surface area contributed by atoms with Crippen LogP contribution >= 0.6 is 0 Å². The van der Waals surface area contributed by atoms with Crippen LogP contribution in [0.15, 0.2) is 42.5 Å². The van der Waals surface area contributed by atoms with Crippen LogP contribution in [-0.2, 0) is 10.2 Å². The molecule has 2 aromatic carbocycles. The molecular weight excluding hydrogens is 364 g/mol. The zero-order valence-electron chi connectivity index (χ0n) is 14.1. The lowest BCUT2D eigenvalue weighted by Gasteiger charge is -2.23. The van der Waals surface area contributed by atoms with Crippen LogP contribution in [0.5, 0.6) is 0 Å². The maximum Gasteiger partial charge on any atom is 0.331 e. The Morgan fingerprint density at radius 2 is 1.69 bits per heavy atom. The minimum absolute atomic E-state index is 0.0191. The molecule has 2 aromatic rings. The Hall–Kier alpha value is -2.23. The van der Waals surface area contributed by atoms with Crippen LogP contribution in [0.3, 0.4) is 0 Å². The van der Waals surface area contributed by atoms with E-state index in [0.717, 1.165) is 16.4 Å². The number of para-hydroxylation sites is 3. The Labute approximate surface area is 150 Å². The molecule has 0 fully saturated rings. The number of fused-ring (bicyclic) bond motifs is 1. The van der Waals surface area contributed by atoms with Crippen LogP contribution in [0.1, 0.15) is 6.42 Å². The van der Waals surface area contributed by atoms with Crippen molar-refractivity contribution < 1.29 is 22.3 Å². The molecule has 1 atom stereocenters. The molecule has 0 aliphatic carbocycles. The predicted octanol–water partition coefficient (Wildman–Crippen LogP) is 2.14. The molecule has 0 amide bonds. The number of aliphatic hydroxyl groups excluding tert-OH is 1. The Bertz CT molecular complexity index is 888. The molecule has 26 heavy (non-hydrogen) atoms. The molecule has 3 rings (SSSR count). The summed E-state index contributed by atoms with van der Waals surface area (Å²) in [6.07, 6.45) is -0.580. The average Bonchev–Trinajstić information content (AvgIpc) is 2.80. The van der Waals surface area contributed by atoms with E-state index in [1.807, 2.05) is 0 Å². The highest BCUT2D eigenvalue weighted by atomic mass is 32.2. The number of hydrogen-bond acceptors (Lipinski definition) is 4. The van der Waals surface area contributed by atoms with E-state index in [4.69, 9.17) is 0 Å². The van der Waals surface area contributed by atoms with E-state index in [1.54, 1.807) is 25.2 Å². The summed E-state index contributed by atoms with van der Waals surface area (Å²) in [4.78, 5) is 0. The van der Waals surface area contributed by atoms with E-state index >= 15 is 0 Å². The molecule has 6 nitrogen and oxygen atoms in total. The molecular formula is C17H19F2N3O3S. The molecule has 0 spiro atoms. The van der Waals surface area contributed by atoms with Crippen LogP contribution < -0.4 is 13.9 Å². The first-order chi connectivity index (χ1) is 12.4. The average molecular weight is 383 g/mol. The van der Waals surface area contributed by atoms with Crippen molar-refractivity contribution in [1.29, 1.82) is 0 Å². The van der Waals surface area contributed by atoms with Crippen LogP contribution in [0, 0.1) is 11.6 Å². The Morgan fingerprint density at radius 3 is 2.31 bits per heavy atom. The molecule has 1 heterocycles. The quantitative estimate of drug-likeness (QED) is 0.802. The van der Waals surface area contributed by atoms with E-state index in [2.05, 4.69) is 5.32 Å². The fourth-order valence-electron chi connectivity index (χ4n) is 2.95. The second-order valence-electron chi connectivity index (χ2n) is 5.90. The summed E-state index contributed by atoms with van der Waals surface area (Å²) in [5.74, 6) is -1.94. The number of rotatable bonds is 6. The van der Waals surface area contributed by atoms with E-state index in [9.17, 15) is 22.3 Å². The smallest absolute Gasteiger partial charge is 0.331 e. The molecule has 9 heteroatoms. The highest BCUT2D eigenvalue weighted by Gasteiger charge is 2.43. The zero-order valence-corrected chi connectivity index (χ0v) is 14.9. The summed E-state index contributed by atoms with van der Waals surface area (Å²) in [5.41, 5.74) is -0.162. The van der Waals surface area contributed by atoms with Crippen molar-refractivity contribution in [3.05, 3.63) is 54.1 Å². The van der Waals surface area contributed by atoms with Gasteiger partial charge in [0, 0.05) is 13.1 Å². The first-order valence-electron chi connectivity index (χ1n) is 8.06. The summed E-state index contributed by atoms with van der Waals surface area (Å²) in [6, 6.07) is 9.49. The summed E-state index contributed by atoms with van der Waals surface area (Å²) in [7, 11) is -2.57. The molecule has 140 valence electrons. The number of nitrogens with one attached hydrogen (secondary N) is 1. The summed E-state index contributed by atoms with van der Waals surface area (Å²) < 4.78 is 56.4. The summed E-state index contributed by atoms with van der Waals surface area (Å²) >= 11 is 0. The van der Waals surface area contributed by atoms with Crippen molar-refractivity contribution in [3.63, 3.8) is 0 Å². The van der Waals surface area contributed by atoms with Gasteiger partial charge < -0.3 is 10.4 Å². The minimum Gasteiger partial charge on any atom is -0.392 e. The lowest BCUT2D eigenvalue weighted by Crippen LogP contribution is -2.38. The number of aliphatic hydroxyl groups is 1. The highest BCUT2D eigenvalue weighted by molar-refractivity contribution is 7.95. The monoisotopic (exact) mass is 383 g/mol. The third kappa shape index (κ3) is 3.13. The number of nitrogens with zero attached hydrogens (tertiary/aromatic N) is 2. The van der Waals surface area contributed by atoms with Gasteiger partial charge >= 0.3 is 10.2 Å². The standard InChI is InChI=1S/C17H19F2N3O3S/c1-20-11-12(23)9-10-21-15-7-2-3-8-16(15)22(26(21,24)25)17-13(18)5-4-6-14(17)19/h2-8,12,20,23H,9-11H2,1H3/t12-/m1/s1. The largest absolute Gasteiger partial charge is 0.392 e. The third-order valence-corrected chi connectivity index (χ3v) is 5.90. The van der Waals surface area contributed by atoms with E-state index in [1.165, 1.54) is 12.1 Å². The van der Waals surface area contributed by atoms with Gasteiger partial charge in [0.15, 0.2) is 11.6 Å². The number of halogens is 2. The first-order valence-corrected chi connectivity index (χ1v) is 9.46. The molecule has 0 saturated heterocycles.